The summed E-state index contributed by atoms with van der Waals surface area (Å²) in [5, 5.41) is 0. The van der Waals surface area contributed by atoms with Crippen molar-refractivity contribution >= 4 is 5.95 Å². The van der Waals surface area contributed by atoms with E-state index in [2.05, 4.69) is 28.7 Å². The van der Waals surface area contributed by atoms with Crippen LogP contribution < -0.4 is 10.6 Å². The van der Waals surface area contributed by atoms with Crippen LogP contribution in [0.5, 0.6) is 0 Å². The Hall–Kier alpha value is -1.16. The summed E-state index contributed by atoms with van der Waals surface area (Å²) in [7, 11) is 0. The maximum atomic E-state index is 5.64. The molecular formula is C14H24N4. The number of anilines is 1. The third-order valence-corrected chi connectivity index (χ3v) is 4.40. The average Bonchev–Trinajstić information content (AvgIpc) is 2.39. The van der Waals surface area contributed by atoms with Crippen LogP contribution >= 0.6 is 0 Å². The molecule has 1 aliphatic heterocycles. The molecule has 0 aliphatic carbocycles. The van der Waals surface area contributed by atoms with Crippen molar-refractivity contribution in [3.05, 3.63) is 17.5 Å². The molecular weight excluding hydrogens is 224 g/mol. The highest BCUT2D eigenvalue weighted by Crippen LogP contribution is 2.34. The minimum Gasteiger partial charge on any atom is -0.341 e. The normalized spacial score (nSPS) is 19.0. The predicted molar refractivity (Wildman–Crippen MR) is 74.5 cm³/mol. The summed E-state index contributed by atoms with van der Waals surface area (Å²) in [4.78, 5) is 11.3. The van der Waals surface area contributed by atoms with E-state index in [0.29, 0.717) is 12.0 Å². The zero-order chi connectivity index (χ0) is 13.2. The van der Waals surface area contributed by atoms with E-state index < -0.39 is 0 Å². The fourth-order valence-corrected chi connectivity index (χ4v) is 2.43. The van der Waals surface area contributed by atoms with Crippen LogP contribution in [0.25, 0.3) is 0 Å². The van der Waals surface area contributed by atoms with Crippen LogP contribution in [0.1, 0.15) is 44.4 Å². The van der Waals surface area contributed by atoms with Crippen molar-refractivity contribution in [2.75, 3.05) is 18.0 Å². The average molecular weight is 248 g/mol. The summed E-state index contributed by atoms with van der Waals surface area (Å²) < 4.78 is 0. The highest BCUT2D eigenvalue weighted by atomic mass is 15.3. The first-order valence-corrected chi connectivity index (χ1v) is 6.85. The van der Waals surface area contributed by atoms with Gasteiger partial charge >= 0.3 is 0 Å². The molecule has 1 saturated heterocycles. The molecule has 0 spiro atoms. The lowest BCUT2D eigenvalue weighted by molar-refractivity contribution is 0.237. The molecule has 0 amide bonds. The minimum atomic E-state index is 0.503. The standard InChI is InChI=1S/C14H24N4/c1-4-14(3)5-7-18(8-6-14)13-16-10-12(9-15)11(2)17-13/h10H,4-9,15H2,1-3H3. The summed E-state index contributed by atoms with van der Waals surface area (Å²) in [5.41, 5.74) is 8.18. The Bertz CT molecular complexity index is 408. The Kier molecular flexibility index (Phi) is 3.85. The zero-order valence-electron chi connectivity index (χ0n) is 11.7. The molecule has 0 atom stereocenters. The van der Waals surface area contributed by atoms with Gasteiger partial charge in [-0.25, -0.2) is 9.97 Å². The molecule has 0 radical (unpaired) electrons. The summed E-state index contributed by atoms with van der Waals surface area (Å²) in [6.45, 7) is 9.31. The van der Waals surface area contributed by atoms with E-state index in [1.54, 1.807) is 0 Å². The van der Waals surface area contributed by atoms with Crippen molar-refractivity contribution in [3.63, 3.8) is 0 Å². The maximum Gasteiger partial charge on any atom is 0.225 e. The highest BCUT2D eigenvalue weighted by Gasteiger charge is 2.29. The van der Waals surface area contributed by atoms with E-state index in [9.17, 15) is 0 Å². The van der Waals surface area contributed by atoms with Gasteiger partial charge in [0.05, 0.1) is 0 Å². The Morgan fingerprint density at radius 1 is 1.39 bits per heavy atom. The van der Waals surface area contributed by atoms with E-state index >= 15 is 0 Å². The first-order chi connectivity index (χ1) is 8.58. The van der Waals surface area contributed by atoms with Gasteiger partial charge in [0.15, 0.2) is 0 Å². The lowest BCUT2D eigenvalue weighted by Crippen LogP contribution is -2.39. The highest BCUT2D eigenvalue weighted by molar-refractivity contribution is 5.33. The summed E-state index contributed by atoms with van der Waals surface area (Å²) >= 11 is 0. The minimum absolute atomic E-state index is 0.503. The van der Waals surface area contributed by atoms with Crippen LogP contribution in [0, 0.1) is 12.3 Å². The van der Waals surface area contributed by atoms with Gasteiger partial charge in [0.2, 0.25) is 5.95 Å². The van der Waals surface area contributed by atoms with Gasteiger partial charge in [-0.2, -0.15) is 0 Å². The largest absolute Gasteiger partial charge is 0.341 e. The first kappa shape index (κ1) is 13.3. The first-order valence-electron chi connectivity index (χ1n) is 6.85. The molecule has 4 heteroatoms. The number of nitrogens with zero attached hydrogens (tertiary/aromatic N) is 3. The molecule has 0 saturated carbocycles. The molecule has 0 aromatic carbocycles. The third-order valence-electron chi connectivity index (χ3n) is 4.40. The fourth-order valence-electron chi connectivity index (χ4n) is 2.43. The number of aryl methyl sites for hydroxylation is 1. The van der Waals surface area contributed by atoms with Gasteiger partial charge in [0.1, 0.15) is 0 Å². The molecule has 2 N–H and O–H groups in total. The second-order valence-electron chi connectivity index (χ2n) is 5.64. The number of hydrogen-bond acceptors (Lipinski definition) is 4. The Morgan fingerprint density at radius 2 is 2.06 bits per heavy atom. The van der Waals surface area contributed by atoms with Gasteiger partial charge in [0.25, 0.3) is 0 Å². The van der Waals surface area contributed by atoms with Gasteiger partial charge < -0.3 is 10.6 Å². The third kappa shape index (κ3) is 2.64. The number of aromatic nitrogens is 2. The van der Waals surface area contributed by atoms with Gasteiger partial charge in [0, 0.05) is 37.1 Å². The maximum absolute atomic E-state index is 5.64. The Morgan fingerprint density at radius 3 is 2.56 bits per heavy atom. The van der Waals surface area contributed by atoms with Crippen LogP contribution in [-0.2, 0) is 6.54 Å². The van der Waals surface area contributed by atoms with Crippen LogP contribution in [0.3, 0.4) is 0 Å². The number of hydrogen-bond donors (Lipinski definition) is 1. The number of rotatable bonds is 3. The van der Waals surface area contributed by atoms with Crippen LogP contribution in [0.2, 0.25) is 0 Å². The van der Waals surface area contributed by atoms with E-state index in [1.165, 1.54) is 19.3 Å². The van der Waals surface area contributed by atoms with Crippen molar-refractivity contribution in [1.82, 2.24) is 9.97 Å². The van der Waals surface area contributed by atoms with Crippen LogP contribution in [0.4, 0.5) is 5.95 Å². The molecule has 1 aliphatic rings. The molecule has 0 bridgehead atoms. The zero-order valence-corrected chi connectivity index (χ0v) is 11.7. The molecule has 100 valence electrons. The van der Waals surface area contributed by atoms with E-state index in [-0.39, 0.29) is 0 Å². The van der Waals surface area contributed by atoms with Crippen LogP contribution in [-0.4, -0.2) is 23.1 Å². The number of nitrogens with two attached hydrogens (primary N) is 1. The predicted octanol–water partition coefficient (Wildman–Crippen LogP) is 2.26. The Labute approximate surface area is 110 Å². The SMILES string of the molecule is CCC1(C)CCN(c2ncc(CN)c(C)n2)CC1. The molecule has 1 aromatic heterocycles. The quantitative estimate of drug-likeness (QED) is 0.891. The number of piperidine rings is 1. The smallest absolute Gasteiger partial charge is 0.225 e. The van der Waals surface area contributed by atoms with Crippen molar-refractivity contribution in [1.29, 1.82) is 0 Å². The summed E-state index contributed by atoms with van der Waals surface area (Å²) in [6, 6.07) is 0. The van der Waals surface area contributed by atoms with Crippen molar-refractivity contribution in [3.8, 4) is 0 Å². The molecule has 1 fully saturated rings. The fraction of sp³-hybridized carbons (Fsp3) is 0.714. The van der Waals surface area contributed by atoms with Gasteiger partial charge in [-0.3, -0.25) is 0 Å². The van der Waals surface area contributed by atoms with Gasteiger partial charge in [-0.05, 0) is 25.2 Å². The lowest BCUT2D eigenvalue weighted by Gasteiger charge is -2.39. The monoisotopic (exact) mass is 248 g/mol. The molecule has 2 rings (SSSR count). The van der Waals surface area contributed by atoms with E-state index in [4.69, 9.17) is 5.73 Å². The summed E-state index contributed by atoms with van der Waals surface area (Å²) in [5.74, 6) is 0.864. The topological polar surface area (TPSA) is 55.0 Å². The van der Waals surface area contributed by atoms with Crippen molar-refractivity contribution < 1.29 is 0 Å². The second kappa shape index (κ2) is 5.22. The van der Waals surface area contributed by atoms with E-state index in [1.807, 2.05) is 13.1 Å². The molecule has 18 heavy (non-hydrogen) atoms. The van der Waals surface area contributed by atoms with Crippen molar-refractivity contribution in [2.24, 2.45) is 11.1 Å². The molecule has 2 heterocycles. The van der Waals surface area contributed by atoms with Crippen molar-refractivity contribution in [2.45, 2.75) is 46.6 Å². The second-order valence-corrected chi connectivity index (χ2v) is 5.64. The van der Waals surface area contributed by atoms with Crippen LogP contribution in [0.15, 0.2) is 6.20 Å². The van der Waals surface area contributed by atoms with Gasteiger partial charge in [-0.1, -0.05) is 20.3 Å². The van der Waals surface area contributed by atoms with Gasteiger partial charge in [-0.15, -0.1) is 0 Å². The molecule has 4 nitrogen and oxygen atoms in total. The Balaban J connectivity index is 2.08. The molecule has 0 unspecified atom stereocenters. The van der Waals surface area contributed by atoms with E-state index in [0.717, 1.165) is 30.3 Å². The lowest BCUT2D eigenvalue weighted by atomic mass is 9.78. The summed E-state index contributed by atoms with van der Waals surface area (Å²) in [6.07, 6.45) is 5.58. The molecule has 1 aromatic rings.